The van der Waals surface area contributed by atoms with Crippen molar-refractivity contribution >= 4 is 59.9 Å². The number of amides is 1. The summed E-state index contributed by atoms with van der Waals surface area (Å²) in [6.45, 7) is 0. The number of rotatable bonds is 5. The van der Waals surface area contributed by atoms with Gasteiger partial charge in [0.15, 0.2) is 5.13 Å². The van der Waals surface area contributed by atoms with E-state index in [2.05, 4.69) is 15.0 Å². The van der Waals surface area contributed by atoms with E-state index in [9.17, 15) is 13.2 Å². The maximum atomic E-state index is 12.6. The van der Waals surface area contributed by atoms with Gasteiger partial charge in [0.05, 0.1) is 20.8 Å². The van der Waals surface area contributed by atoms with E-state index in [1.54, 1.807) is 30.3 Å². The number of carbonyl (C=O) groups excluding carboxylic acids is 1. The summed E-state index contributed by atoms with van der Waals surface area (Å²) in [4.78, 5) is 17.0. The highest BCUT2D eigenvalue weighted by molar-refractivity contribution is 7.92. The highest BCUT2D eigenvalue weighted by Gasteiger charge is 2.22. The van der Waals surface area contributed by atoms with Crippen molar-refractivity contribution in [2.75, 3.05) is 10.0 Å². The summed E-state index contributed by atoms with van der Waals surface area (Å²) in [5.74, 6) is 0.0708. The monoisotopic (exact) mass is 449 g/mol. The Hall–Kier alpha value is -2.16. The predicted molar refractivity (Wildman–Crippen MR) is 117 cm³/mol. The molecule has 6 nitrogen and oxygen atoms in total. The molecule has 0 unspecified atom stereocenters. The first kappa shape index (κ1) is 20.1. The van der Waals surface area contributed by atoms with Gasteiger partial charge in [-0.1, -0.05) is 48.3 Å². The summed E-state index contributed by atoms with van der Waals surface area (Å²) in [6, 6.07) is 11.2. The van der Waals surface area contributed by atoms with Crippen molar-refractivity contribution in [3.05, 3.63) is 47.5 Å². The normalized spacial score (nSPS) is 15.3. The van der Waals surface area contributed by atoms with Crippen LogP contribution in [0.5, 0.6) is 0 Å². The average molecular weight is 450 g/mol. The fourth-order valence-corrected chi connectivity index (χ4v) is 5.66. The lowest BCUT2D eigenvalue weighted by molar-refractivity contribution is -0.120. The highest BCUT2D eigenvalue weighted by atomic mass is 35.5. The fraction of sp³-hybridized carbons (Fsp3) is 0.300. The lowest BCUT2D eigenvalue weighted by Gasteiger charge is -2.19. The Morgan fingerprint density at radius 2 is 1.90 bits per heavy atom. The molecule has 2 aromatic carbocycles. The second kappa shape index (κ2) is 8.30. The molecule has 29 heavy (non-hydrogen) atoms. The Morgan fingerprint density at radius 1 is 1.10 bits per heavy atom. The summed E-state index contributed by atoms with van der Waals surface area (Å²) < 4.78 is 28.6. The van der Waals surface area contributed by atoms with E-state index < -0.39 is 10.0 Å². The van der Waals surface area contributed by atoms with Crippen molar-refractivity contribution in [3.63, 3.8) is 0 Å². The Balaban J connectivity index is 1.51. The molecule has 1 heterocycles. The van der Waals surface area contributed by atoms with Gasteiger partial charge in [-0.05, 0) is 49.2 Å². The number of carbonyl (C=O) groups is 1. The third-order valence-corrected chi connectivity index (χ3v) is 7.52. The Bertz CT molecular complexity index is 1150. The molecule has 1 fully saturated rings. The minimum atomic E-state index is -3.76. The minimum absolute atomic E-state index is 0.0191. The van der Waals surface area contributed by atoms with Gasteiger partial charge in [-0.3, -0.25) is 9.52 Å². The van der Waals surface area contributed by atoms with Crippen LogP contribution in [0.4, 0.5) is 10.8 Å². The second-order valence-electron chi connectivity index (χ2n) is 7.09. The van der Waals surface area contributed by atoms with Gasteiger partial charge in [-0.2, -0.15) is 0 Å². The van der Waals surface area contributed by atoms with E-state index in [1.165, 1.54) is 29.9 Å². The van der Waals surface area contributed by atoms with Crippen LogP contribution in [-0.2, 0) is 14.8 Å². The minimum Gasteiger partial charge on any atom is -0.302 e. The summed E-state index contributed by atoms with van der Waals surface area (Å²) in [5, 5.41) is 3.80. The molecule has 1 amide bonds. The highest BCUT2D eigenvalue weighted by Crippen LogP contribution is 2.31. The van der Waals surface area contributed by atoms with Crippen LogP contribution in [0.3, 0.4) is 0 Å². The number of nitrogens with one attached hydrogen (secondary N) is 2. The van der Waals surface area contributed by atoms with E-state index in [1.807, 2.05) is 0 Å². The van der Waals surface area contributed by atoms with Crippen molar-refractivity contribution in [1.82, 2.24) is 4.98 Å². The van der Waals surface area contributed by atoms with E-state index in [0.717, 1.165) is 30.4 Å². The molecule has 0 radical (unpaired) electrons. The number of halogens is 1. The molecule has 0 bridgehead atoms. The molecule has 3 aromatic rings. The van der Waals surface area contributed by atoms with Crippen molar-refractivity contribution in [1.29, 1.82) is 0 Å². The molecule has 0 atom stereocenters. The lowest BCUT2D eigenvalue weighted by atomic mass is 9.89. The van der Waals surface area contributed by atoms with Crippen molar-refractivity contribution in [2.45, 2.75) is 37.0 Å². The van der Waals surface area contributed by atoms with E-state index in [0.29, 0.717) is 21.4 Å². The number of thiazole rings is 1. The molecule has 152 valence electrons. The number of nitrogens with zero attached hydrogens (tertiary/aromatic N) is 1. The summed E-state index contributed by atoms with van der Waals surface area (Å²) in [7, 11) is -3.76. The van der Waals surface area contributed by atoms with Gasteiger partial charge in [0, 0.05) is 10.9 Å². The summed E-state index contributed by atoms with van der Waals surface area (Å²) >= 11 is 7.27. The molecule has 1 aromatic heterocycles. The number of hydrogen-bond acceptors (Lipinski definition) is 5. The zero-order valence-corrected chi connectivity index (χ0v) is 17.9. The molecule has 9 heteroatoms. The Labute approximate surface area is 178 Å². The molecule has 1 saturated carbocycles. The van der Waals surface area contributed by atoms with Crippen LogP contribution in [-0.4, -0.2) is 19.3 Å². The number of anilines is 2. The average Bonchev–Trinajstić information content (AvgIpc) is 3.10. The maximum absolute atomic E-state index is 12.6. The molecule has 2 N–H and O–H groups in total. The van der Waals surface area contributed by atoms with Crippen molar-refractivity contribution < 1.29 is 13.2 Å². The molecule has 0 spiro atoms. The first-order valence-corrected chi connectivity index (χ1v) is 12.1. The van der Waals surface area contributed by atoms with E-state index in [-0.39, 0.29) is 16.7 Å². The van der Waals surface area contributed by atoms with Gasteiger partial charge >= 0.3 is 0 Å². The molecule has 0 aliphatic heterocycles. The number of sulfonamides is 1. The third-order valence-electron chi connectivity index (χ3n) is 4.95. The van der Waals surface area contributed by atoms with Gasteiger partial charge < -0.3 is 5.32 Å². The van der Waals surface area contributed by atoms with Gasteiger partial charge in [-0.15, -0.1) is 0 Å². The molecular formula is C20H20ClN3O3S2. The van der Waals surface area contributed by atoms with Gasteiger partial charge in [0.2, 0.25) is 5.91 Å². The predicted octanol–water partition coefficient (Wildman–Crippen LogP) is 5.27. The number of fused-ring (bicyclic) bond motifs is 1. The maximum Gasteiger partial charge on any atom is 0.261 e. The Morgan fingerprint density at radius 3 is 2.66 bits per heavy atom. The van der Waals surface area contributed by atoms with Gasteiger partial charge in [0.25, 0.3) is 10.0 Å². The lowest BCUT2D eigenvalue weighted by Crippen LogP contribution is -2.24. The SMILES string of the molecule is O=C(Nc1nc2cc(NS(=O)(=O)c3cccc(Cl)c3)ccc2s1)C1CCCCC1. The van der Waals surface area contributed by atoms with Crippen LogP contribution in [0.1, 0.15) is 32.1 Å². The molecule has 4 rings (SSSR count). The van der Waals surface area contributed by atoms with Crippen LogP contribution in [0.2, 0.25) is 5.02 Å². The van der Waals surface area contributed by atoms with Crippen LogP contribution < -0.4 is 10.0 Å². The first-order valence-electron chi connectivity index (χ1n) is 9.40. The van der Waals surface area contributed by atoms with Crippen LogP contribution in [0.15, 0.2) is 47.4 Å². The first-order chi connectivity index (χ1) is 13.9. The van der Waals surface area contributed by atoms with Crippen molar-refractivity contribution in [3.8, 4) is 0 Å². The molecule has 1 aliphatic rings. The van der Waals surface area contributed by atoms with Crippen LogP contribution in [0, 0.1) is 5.92 Å². The van der Waals surface area contributed by atoms with Crippen molar-refractivity contribution in [2.24, 2.45) is 5.92 Å². The van der Waals surface area contributed by atoms with E-state index >= 15 is 0 Å². The van der Waals surface area contributed by atoms with Gasteiger partial charge in [-0.25, -0.2) is 13.4 Å². The number of benzene rings is 2. The van der Waals surface area contributed by atoms with Gasteiger partial charge in [0.1, 0.15) is 0 Å². The largest absolute Gasteiger partial charge is 0.302 e. The summed E-state index contributed by atoms with van der Waals surface area (Å²) in [6.07, 6.45) is 5.22. The Kier molecular flexibility index (Phi) is 5.76. The molecule has 0 saturated heterocycles. The molecular weight excluding hydrogens is 430 g/mol. The van der Waals surface area contributed by atoms with Crippen LogP contribution in [0.25, 0.3) is 10.2 Å². The zero-order chi connectivity index (χ0) is 20.4. The standard InChI is InChI=1S/C20H20ClN3O3S2/c21-14-7-4-8-16(11-14)29(26,27)24-15-9-10-18-17(12-15)22-20(28-18)23-19(25)13-5-2-1-3-6-13/h4,7-13,24H,1-3,5-6H2,(H,22,23,25). The van der Waals surface area contributed by atoms with E-state index in [4.69, 9.17) is 11.6 Å². The fourth-order valence-electron chi connectivity index (χ4n) is 3.46. The molecule has 1 aliphatic carbocycles. The number of hydrogen-bond donors (Lipinski definition) is 2. The number of aromatic nitrogens is 1. The second-order valence-corrected chi connectivity index (χ2v) is 10.2. The topological polar surface area (TPSA) is 88.2 Å². The zero-order valence-electron chi connectivity index (χ0n) is 15.5. The quantitative estimate of drug-likeness (QED) is 0.555. The smallest absolute Gasteiger partial charge is 0.261 e. The third kappa shape index (κ3) is 4.71. The van der Waals surface area contributed by atoms with Crippen LogP contribution >= 0.6 is 22.9 Å². The summed E-state index contributed by atoms with van der Waals surface area (Å²) in [5.41, 5.74) is 1.02.